The monoisotopic (exact) mass is 343 g/mol. The minimum absolute atomic E-state index is 0.0489. The molecule has 1 amide bonds. The third kappa shape index (κ3) is 3.52. The van der Waals surface area contributed by atoms with Crippen molar-refractivity contribution in [2.45, 2.75) is 6.54 Å². The Morgan fingerprint density at radius 1 is 1.53 bits per heavy atom. The Morgan fingerprint density at radius 2 is 2.32 bits per heavy atom. The molecule has 0 aliphatic carbocycles. The van der Waals surface area contributed by atoms with Gasteiger partial charge in [0, 0.05) is 4.47 Å². The molecule has 0 aliphatic rings. The molecular formula is C11H11BrClN5O. The summed E-state index contributed by atoms with van der Waals surface area (Å²) in [6.07, 6.45) is 1.70. The molecular weight excluding hydrogens is 334 g/mol. The minimum Gasteiger partial charge on any atom is -0.349 e. The Morgan fingerprint density at radius 3 is 3.00 bits per heavy atom. The number of rotatable bonds is 4. The Bertz CT molecular complexity index is 601. The highest BCUT2D eigenvalue weighted by atomic mass is 79.9. The second-order valence-electron chi connectivity index (χ2n) is 3.73. The molecule has 6 nitrogen and oxygen atoms in total. The van der Waals surface area contributed by atoms with Crippen LogP contribution in [0.2, 0.25) is 5.02 Å². The van der Waals surface area contributed by atoms with Gasteiger partial charge in [-0.05, 0) is 18.2 Å². The van der Waals surface area contributed by atoms with Gasteiger partial charge in [0.15, 0.2) is 0 Å². The fourth-order valence-electron chi connectivity index (χ4n) is 1.43. The molecule has 0 aliphatic heterocycles. The zero-order chi connectivity index (χ0) is 13.8. The van der Waals surface area contributed by atoms with Crippen LogP contribution in [0.5, 0.6) is 0 Å². The number of amides is 1. The number of nitrogens with two attached hydrogens (primary N) is 1. The zero-order valence-electron chi connectivity index (χ0n) is 9.81. The summed E-state index contributed by atoms with van der Waals surface area (Å²) in [5.41, 5.74) is 6.53. The lowest BCUT2D eigenvalue weighted by atomic mass is 10.3. The Hall–Kier alpha value is -1.44. The number of hydrogen-bond donors (Lipinski definition) is 2. The molecule has 0 fully saturated rings. The molecule has 19 heavy (non-hydrogen) atoms. The maximum atomic E-state index is 11.0. The van der Waals surface area contributed by atoms with Crippen LogP contribution < -0.4 is 11.1 Å². The van der Waals surface area contributed by atoms with Crippen molar-refractivity contribution in [2.24, 2.45) is 5.73 Å². The summed E-state index contributed by atoms with van der Waals surface area (Å²) in [4.78, 5) is 11.0. The predicted molar refractivity (Wildman–Crippen MR) is 75.0 cm³/mol. The van der Waals surface area contributed by atoms with Crippen LogP contribution >= 0.6 is 27.5 Å². The van der Waals surface area contributed by atoms with Crippen LogP contribution in [0, 0.1) is 0 Å². The third-order valence-electron chi connectivity index (χ3n) is 2.35. The number of carbonyl (C=O) groups excluding carboxylic acids is 1. The van der Waals surface area contributed by atoms with Gasteiger partial charge in [0.05, 0.1) is 30.0 Å². The highest BCUT2D eigenvalue weighted by Gasteiger charge is 2.07. The first kappa shape index (κ1) is 14.0. The van der Waals surface area contributed by atoms with E-state index < -0.39 is 0 Å². The molecule has 1 aromatic heterocycles. The van der Waals surface area contributed by atoms with Crippen molar-refractivity contribution in [3.63, 3.8) is 0 Å². The highest BCUT2D eigenvalue weighted by Crippen LogP contribution is 2.23. The fraction of sp³-hybridized carbons (Fsp3) is 0.182. The first-order chi connectivity index (χ1) is 9.10. The topological polar surface area (TPSA) is 85.8 Å². The SMILES string of the molecule is NCC(=O)NCc1cn(-c2ccc(Br)cc2Cl)nn1. The zero-order valence-corrected chi connectivity index (χ0v) is 12.1. The van der Waals surface area contributed by atoms with Gasteiger partial charge >= 0.3 is 0 Å². The molecule has 0 bridgehead atoms. The molecule has 0 atom stereocenters. The molecule has 100 valence electrons. The van der Waals surface area contributed by atoms with Crippen molar-refractivity contribution >= 4 is 33.4 Å². The Kier molecular flexibility index (Phi) is 4.52. The van der Waals surface area contributed by atoms with E-state index >= 15 is 0 Å². The Labute approximate surface area is 123 Å². The molecule has 3 N–H and O–H groups in total. The van der Waals surface area contributed by atoms with E-state index in [4.69, 9.17) is 17.3 Å². The molecule has 0 radical (unpaired) electrons. The molecule has 2 aromatic rings. The van der Waals surface area contributed by atoms with Crippen molar-refractivity contribution in [3.05, 3.63) is 39.6 Å². The number of nitrogens with zero attached hydrogens (tertiary/aromatic N) is 3. The van der Waals surface area contributed by atoms with Gasteiger partial charge in [0.25, 0.3) is 0 Å². The van der Waals surface area contributed by atoms with E-state index in [0.29, 0.717) is 16.4 Å². The van der Waals surface area contributed by atoms with Crippen LogP contribution in [0.1, 0.15) is 5.69 Å². The highest BCUT2D eigenvalue weighted by molar-refractivity contribution is 9.10. The summed E-state index contributed by atoms with van der Waals surface area (Å²) in [5.74, 6) is -0.240. The summed E-state index contributed by atoms with van der Waals surface area (Å²) in [5, 5.41) is 11.1. The maximum Gasteiger partial charge on any atom is 0.234 e. The number of aromatic nitrogens is 3. The molecule has 8 heteroatoms. The van der Waals surface area contributed by atoms with Gasteiger partial charge in [-0.3, -0.25) is 4.79 Å². The summed E-state index contributed by atoms with van der Waals surface area (Å²) in [6, 6.07) is 5.45. The van der Waals surface area contributed by atoms with E-state index in [0.717, 1.165) is 4.47 Å². The van der Waals surface area contributed by atoms with Gasteiger partial charge in [-0.25, -0.2) is 4.68 Å². The van der Waals surface area contributed by atoms with Crippen LogP contribution in [0.15, 0.2) is 28.9 Å². The van der Waals surface area contributed by atoms with Crippen LogP contribution in [0.3, 0.4) is 0 Å². The van der Waals surface area contributed by atoms with Gasteiger partial charge < -0.3 is 11.1 Å². The van der Waals surface area contributed by atoms with Crippen molar-refractivity contribution in [1.29, 1.82) is 0 Å². The molecule has 1 aromatic carbocycles. The van der Waals surface area contributed by atoms with Gasteiger partial charge in [0.2, 0.25) is 5.91 Å². The number of hydrogen-bond acceptors (Lipinski definition) is 4. The van der Waals surface area contributed by atoms with Crippen LogP contribution in [0.25, 0.3) is 5.69 Å². The van der Waals surface area contributed by atoms with Gasteiger partial charge in [-0.1, -0.05) is 32.7 Å². The van der Waals surface area contributed by atoms with Crippen molar-refractivity contribution in [2.75, 3.05) is 6.54 Å². The van der Waals surface area contributed by atoms with E-state index in [1.807, 2.05) is 12.1 Å². The van der Waals surface area contributed by atoms with Crippen molar-refractivity contribution in [3.8, 4) is 5.69 Å². The van der Waals surface area contributed by atoms with Gasteiger partial charge in [-0.2, -0.15) is 0 Å². The number of carbonyl (C=O) groups is 1. The van der Waals surface area contributed by atoms with E-state index in [-0.39, 0.29) is 19.0 Å². The molecule has 0 saturated heterocycles. The van der Waals surface area contributed by atoms with Gasteiger partial charge in [0.1, 0.15) is 5.69 Å². The van der Waals surface area contributed by atoms with Crippen LogP contribution in [-0.2, 0) is 11.3 Å². The maximum absolute atomic E-state index is 11.0. The fourth-order valence-corrected chi connectivity index (χ4v) is 2.19. The average Bonchev–Trinajstić information content (AvgIpc) is 2.84. The largest absolute Gasteiger partial charge is 0.349 e. The molecule has 1 heterocycles. The molecule has 2 rings (SSSR count). The normalized spacial score (nSPS) is 10.5. The molecule has 0 unspecified atom stereocenters. The van der Waals surface area contributed by atoms with Gasteiger partial charge in [-0.15, -0.1) is 5.10 Å². The smallest absolute Gasteiger partial charge is 0.234 e. The minimum atomic E-state index is -0.240. The first-order valence-electron chi connectivity index (χ1n) is 5.43. The number of halogens is 2. The lowest BCUT2D eigenvalue weighted by Crippen LogP contribution is -2.29. The Balaban J connectivity index is 2.14. The standard InChI is InChI=1S/C11H11BrClN5O/c12-7-1-2-10(9(13)3-7)18-6-8(16-17-18)5-15-11(19)4-14/h1-3,6H,4-5,14H2,(H,15,19). The summed E-state index contributed by atoms with van der Waals surface area (Å²) in [7, 11) is 0. The first-order valence-corrected chi connectivity index (χ1v) is 6.60. The summed E-state index contributed by atoms with van der Waals surface area (Å²) in [6.45, 7) is 0.233. The third-order valence-corrected chi connectivity index (χ3v) is 3.15. The van der Waals surface area contributed by atoms with Crippen LogP contribution in [-0.4, -0.2) is 27.4 Å². The van der Waals surface area contributed by atoms with E-state index in [1.165, 1.54) is 0 Å². The van der Waals surface area contributed by atoms with E-state index in [2.05, 4.69) is 31.6 Å². The van der Waals surface area contributed by atoms with E-state index in [9.17, 15) is 4.79 Å². The molecule has 0 spiro atoms. The van der Waals surface area contributed by atoms with E-state index in [1.54, 1.807) is 16.9 Å². The second kappa shape index (κ2) is 6.14. The second-order valence-corrected chi connectivity index (χ2v) is 5.05. The quantitative estimate of drug-likeness (QED) is 0.874. The number of benzene rings is 1. The summed E-state index contributed by atoms with van der Waals surface area (Å²) < 4.78 is 2.44. The van der Waals surface area contributed by atoms with Crippen molar-refractivity contribution < 1.29 is 4.79 Å². The number of nitrogens with one attached hydrogen (secondary N) is 1. The average molecular weight is 345 g/mol. The summed E-state index contributed by atoms with van der Waals surface area (Å²) >= 11 is 9.45. The van der Waals surface area contributed by atoms with Crippen molar-refractivity contribution in [1.82, 2.24) is 20.3 Å². The van der Waals surface area contributed by atoms with Crippen LogP contribution in [0.4, 0.5) is 0 Å². The molecule has 0 saturated carbocycles. The predicted octanol–water partition coefficient (Wildman–Crippen LogP) is 1.26. The lowest BCUT2D eigenvalue weighted by Gasteiger charge is -2.03. The lowest BCUT2D eigenvalue weighted by molar-refractivity contribution is -0.119.